The number of ether oxygens (including phenoxy) is 1. The van der Waals surface area contributed by atoms with E-state index < -0.39 is 18.1 Å². The summed E-state index contributed by atoms with van der Waals surface area (Å²) >= 11 is 0. The van der Waals surface area contributed by atoms with Crippen LogP contribution in [0.25, 0.3) is 0 Å². The summed E-state index contributed by atoms with van der Waals surface area (Å²) in [5, 5.41) is 2.64. The molecular weight excluding hydrogens is 330 g/mol. The molecule has 7 heteroatoms. The van der Waals surface area contributed by atoms with E-state index in [2.05, 4.69) is 5.32 Å². The Morgan fingerprint density at radius 3 is 2.36 bits per heavy atom. The van der Waals surface area contributed by atoms with Crippen molar-refractivity contribution < 1.29 is 23.1 Å². The van der Waals surface area contributed by atoms with Crippen molar-refractivity contribution in [3.63, 3.8) is 0 Å². The number of nitrogens with one attached hydrogen (secondary N) is 1. The van der Waals surface area contributed by atoms with Gasteiger partial charge in [0.25, 0.3) is 5.92 Å². The van der Waals surface area contributed by atoms with Crippen LogP contribution in [0.2, 0.25) is 0 Å². The third kappa shape index (κ3) is 6.20. The number of alkyl halides is 2. The Morgan fingerprint density at radius 1 is 1.20 bits per heavy atom. The molecule has 2 unspecified atom stereocenters. The average Bonchev–Trinajstić information content (AvgIpc) is 2.58. The van der Waals surface area contributed by atoms with Crippen molar-refractivity contribution in [2.24, 2.45) is 5.92 Å². The van der Waals surface area contributed by atoms with E-state index in [9.17, 15) is 18.4 Å². The van der Waals surface area contributed by atoms with Crippen LogP contribution in [0.4, 0.5) is 8.78 Å². The lowest BCUT2D eigenvalue weighted by molar-refractivity contribution is -0.146. The van der Waals surface area contributed by atoms with Crippen LogP contribution < -0.4 is 5.32 Å². The van der Waals surface area contributed by atoms with Crippen LogP contribution in [0.1, 0.15) is 58.8 Å². The van der Waals surface area contributed by atoms with E-state index >= 15 is 0 Å². The summed E-state index contributed by atoms with van der Waals surface area (Å²) < 4.78 is 32.5. The largest absolute Gasteiger partial charge is 0.376 e. The molecule has 25 heavy (non-hydrogen) atoms. The third-order valence-corrected chi connectivity index (χ3v) is 5.22. The maximum absolute atomic E-state index is 13.3. The molecule has 1 aliphatic carbocycles. The molecule has 0 spiro atoms. The predicted octanol–water partition coefficient (Wildman–Crippen LogP) is 2.73. The molecule has 0 aromatic carbocycles. The molecule has 2 atom stereocenters. The first-order valence-electron chi connectivity index (χ1n) is 9.34. The van der Waals surface area contributed by atoms with Gasteiger partial charge in [-0.15, -0.1) is 0 Å². The van der Waals surface area contributed by atoms with Gasteiger partial charge in [-0.05, 0) is 25.7 Å². The summed E-state index contributed by atoms with van der Waals surface area (Å²) in [6.07, 6.45) is 4.79. The highest BCUT2D eigenvalue weighted by Gasteiger charge is 2.39. The number of carbonyl (C=O) groups excluding carboxylic acids is 2. The fraction of sp³-hybridized carbons (Fsp3) is 0.889. The van der Waals surface area contributed by atoms with Gasteiger partial charge in [0.1, 0.15) is 6.04 Å². The van der Waals surface area contributed by atoms with E-state index in [1.807, 2.05) is 0 Å². The second kappa shape index (κ2) is 8.92. The number of amides is 2. The Morgan fingerprint density at radius 2 is 1.80 bits per heavy atom. The standard InChI is InChI=1S/C18H30F2N2O3/c1-13(25-12-15-6-4-3-5-7-15)16(21-14(2)23)17(24)22-10-8-18(19,20)9-11-22/h13,15-16H,3-12H2,1-2H3,(H,21,23). The van der Waals surface area contributed by atoms with Gasteiger partial charge in [0.2, 0.25) is 11.8 Å². The van der Waals surface area contributed by atoms with E-state index in [-0.39, 0.29) is 37.7 Å². The van der Waals surface area contributed by atoms with Gasteiger partial charge < -0.3 is 15.0 Å². The molecule has 1 saturated heterocycles. The zero-order chi connectivity index (χ0) is 18.4. The number of halogens is 2. The normalized spacial score (nSPS) is 23.8. The molecule has 0 aromatic heterocycles. The summed E-state index contributed by atoms with van der Waals surface area (Å²) in [4.78, 5) is 25.6. The molecule has 2 rings (SSSR count). The smallest absolute Gasteiger partial charge is 0.251 e. The molecule has 5 nitrogen and oxygen atoms in total. The molecule has 144 valence electrons. The van der Waals surface area contributed by atoms with Crippen LogP contribution in [0.15, 0.2) is 0 Å². The number of hydrogen-bond donors (Lipinski definition) is 1. The molecule has 0 bridgehead atoms. The van der Waals surface area contributed by atoms with Gasteiger partial charge in [0.15, 0.2) is 0 Å². The van der Waals surface area contributed by atoms with E-state index in [0.717, 1.165) is 12.8 Å². The number of carbonyl (C=O) groups is 2. The van der Waals surface area contributed by atoms with Gasteiger partial charge in [-0.1, -0.05) is 19.3 Å². The zero-order valence-corrected chi connectivity index (χ0v) is 15.2. The van der Waals surface area contributed by atoms with Crippen molar-refractivity contribution in [3.8, 4) is 0 Å². The summed E-state index contributed by atoms with van der Waals surface area (Å²) in [6, 6.07) is -0.826. The molecule has 1 aliphatic heterocycles. The number of hydrogen-bond acceptors (Lipinski definition) is 3. The van der Waals surface area contributed by atoms with Crippen LogP contribution in [-0.2, 0) is 14.3 Å². The lowest BCUT2D eigenvalue weighted by Gasteiger charge is -2.36. The summed E-state index contributed by atoms with van der Waals surface area (Å²) in [5.41, 5.74) is 0. The second-order valence-electron chi connectivity index (χ2n) is 7.40. The van der Waals surface area contributed by atoms with Gasteiger partial charge in [-0.2, -0.15) is 0 Å². The van der Waals surface area contributed by atoms with Crippen molar-refractivity contribution >= 4 is 11.8 Å². The molecule has 1 heterocycles. The third-order valence-electron chi connectivity index (χ3n) is 5.22. The summed E-state index contributed by atoms with van der Waals surface area (Å²) in [7, 11) is 0. The Balaban J connectivity index is 1.91. The highest BCUT2D eigenvalue weighted by atomic mass is 19.3. The van der Waals surface area contributed by atoms with Gasteiger partial charge in [-0.3, -0.25) is 9.59 Å². The monoisotopic (exact) mass is 360 g/mol. The first kappa shape index (κ1) is 20.1. The van der Waals surface area contributed by atoms with Crippen molar-refractivity contribution in [1.29, 1.82) is 0 Å². The highest BCUT2D eigenvalue weighted by Crippen LogP contribution is 2.28. The lowest BCUT2D eigenvalue weighted by atomic mass is 9.90. The second-order valence-corrected chi connectivity index (χ2v) is 7.40. The molecule has 2 aliphatic rings. The first-order chi connectivity index (χ1) is 11.8. The first-order valence-corrected chi connectivity index (χ1v) is 9.34. The summed E-state index contributed by atoms with van der Waals surface area (Å²) in [6.45, 7) is 3.70. The minimum Gasteiger partial charge on any atom is -0.376 e. The number of rotatable bonds is 6. The Hall–Kier alpha value is -1.24. The van der Waals surface area contributed by atoms with Crippen molar-refractivity contribution in [3.05, 3.63) is 0 Å². The van der Waals surface area contributed by atoms with E-state index in [0.29, 0.717) is 12.5 Å². The topological polar surface area (TPSA) is 58.6 Å². The van der Waals surface area contributed by atoms with E-state index in [1.54, 1.807) is 6.92 Å². The summed E-state index contributed by atoms with van der Waals surface area (Å²) in [5.74, 6) is -2.86. The number of nitrogens with zero attached hydrogens (tertiary/aromatic N) is 1. The van der Waals surface area contributed by atoms with Crippen LogP contribution in [0, 0.1) is 5.92 Å². The van der Waals surface area contributed by atoms with Crippen LogP contribution >= 0.6 is 0 Å². The van der Waals surface area contributed by atoms with Gasteiger partial charge in [-0.25, -0.2) is 8.78 Å². The number of piperidine rings is 1. The molecule has 0 aromatic rings. The maximum atomic E-state index is 13.3. The van der Waals surface area contributed by atoms with E-state index in [1.165, 1.54) is 31.1 Å². The molecular formula is C18H30F2N2O3. The lowest BCUT2D eigenvalue weighted by Crippen LogP contribution is -2.56. The highest BCUT2D eigenvalue weighted by molar-refractivity contribution is 5.87. The fourth-order valence-electron chi connectivity index (χ4n) is 3.59. The minimum atomic E-state index is -2.70. The van der Waals surface area contributed by atoms with Crippen LogP contribution in [0.5, 0.6) is 0 Å². The average molecular weight is 360 g/mol. The quantitative estimate of drug-likeness (QED) is 0.792. The fourth-order valence-corrected chi connectivity index (χ4v) is 3.59. The Bertz CT molecular complexity index is 457. The van der Waals surface area contributed by atoms with Crippen LogP contribution in [-0.4, -0.2) is 54.5 Å². The zero-order valence-electron chi connectivity index (χ0n) is 15.2. The van der Waals surface area contributed by atoms with Crippen molar-refractivity contribution in [1.82, 2.24) is 10.2 Å². The predicted molar refractivity (Wildman–Crippen MR) is 90.4 cm³/mol. The molecule has 1 saturated carbocycles. The molecule has 1 N–H and O–H groups in total. The van der Waals surface area contributed by atoms with E-state index in [4.69, 9.17) is 4.74 Å². The molecule has 2 fully saturated rings. The SMILES string of the molecule is CC(=O)NC(C(=O)N1CCC(F)(F)CC1)C(C)OCC1CCCCC1. The van der Waals surface area contributed by atoms with Gasteiger partial charge >= 0.3 is 0 Å². The Labute approximate surface area is 148 Å². The Kier molecular flexibility index (Phi) is 7.16. The maximum Gasteiger partial charge on any atom is 0.251 e. The van der Waals surface area contributed by atoms with Crippen LogP contribution in [0.3, 0.4) is 0 Å². The van der Waals surface area contributed by atoms with Crippen molar-refractivity contribution in [2.75, 3.05) is 19.7 Å². The van der Waals surface area contributed by atoms with Crippen molar-refractivity contribution in [2.45, 2.75) is 76.9 Å². The van der Waals surface area contributed by atoms with Gasteiger partial charge in [0, 0.05) is 39.5 Å². The van der Waals surface area contributed by atoms with Gasteiger partial charge in [0.05, 0.1) is 6.10 Å². The molecule has 2 amide bonds. The number of likely N-dealkylation sites (tertiary alicyclic amines) is 1. The molecule has 0 radical (unpaired) electrons. The minimum absolute atomic E-state index is 0.0112.